The zero-order valence-corrected chi connectivity index (χ0v) is 19.7. The normalized spacial score (nSPS) is 24.4. The zero-order valence-electron chi connectivity index (χ0n) is 18.8. The Morgan fingerprint density at radius 3 is 2.44 bits per heavy atom. The van der Waals surface area contributed by atoms with Crippen molar-refractivity contribution in [2.75, 3.05) is 19.8 Å². The van der Waals surface area contributed by atoms with E-state index >= 15 is 0 Å². The van der Waals surface area contributed by atoms with Crippen molar-refractivity contribution in [3.05, 3.63) is 33.7 Å². The van der Waals surface area contributed by atoms with Crippen LogP contribution in [0.2, 0.25) is 0 Å². The van der Waals surface area contributed by atoms with Gasteiger partial charge in [-0.1, -0.05) is 18.9 Å². The number of hydrogen-bond donors (Lipinski definition) is 2. The van der Waals surface area contributed by atoms with Crippen molar-refractivity contribution in [1.82, 2.24) is 15.5 Å². The Labute approximate surface area is 200 Å². The van der Waals surface area contributed by atoms with Crippen LogP contribution in [0.4, 0.5) is 4.79 Å². The first-order chi connectivity index (χ1) is 16.4. The van der Waals surface area contributed by atoms with Crippen LogP contribution in [0.5, 0.6) is 0 Å². The maximum atomic E-state index is 12.7. The molecule has 4 rings (SSSR count). The number of amides is 4. The van der Waals surface area contributed by atoms with Crippen LogP contribution < -0.4 is 10.6 Å². The fourth-order valence-corrected chi connectivity index (χ4v) is 5.51. The largest absolute Gasteiger partial charge is 0.463 e. The summed E-state index contributed by atoms with van der Waals surface area (Å²) in [5, 5.41) is 7.06. The van der Waals surface area contributed by atoms with Crippen molar-refractivity contribution in [1.29, 1.82) is 0 Å². The molecule has 2 N–H and O–H groups in total. The van der Waals surface area contributed by atoms with E-state index in [1.165, 1.54) is 16.2 Å². The minimum absolute atomic E-state index is 0.0426. The lowest BCUT2D eigenvalue weighted by molar-refractivity contribution is -0.146. The number of thiophene rings is 1. The van der Waals surface area contributed by atoms with Gasteiger partial charge in [0.1, 0.15) is 6.61 Å². The molecule has 1 aliphatic carbocycles. The molecule has 4 amide bonds. The Bertz CT molecular complexity index is 996. The van der Waals surface area contributed by atoms with Gasteiger partial charge in [0.25, 0.3) is 0 Å². The third kappa shape index (κ3) is 4.84. The average molecular weight is 490 g/mol. The van der Waals surface area contributed by atoms with E-state index < -0.39 is 24.0 Å². The molecule has 1 aromatic heterocycles. The lowest BCUT2D eigenvalue weighted by Crippen LogP contribution is -2.47. The van der Waals surface area contributed by atoms with E-state index in [0.29, 0.717) is 12.8 Å². The molecule has 34 heavy (non-hydrogen) atoms. The fraction of sp³-hybridized carbons (Fsp3) is 0.522. The summed E-state index contributed by atoms with van der Waals surface area (Å²) < 4.78 is 10.5. The second-order valence-electron chi connectivity index (χ2n) is 8.40. The summed E-state index contributed by atoms with van der Waals surface area (Å²) in [7, 11) is 0. The topological polar surface area (TPSA) is 131 Å². The Balaban J connectivity index is 1.42. The Hall–Kier alpha value is -3.21. The number of carbonyl (C=O) groups excluding carboxylic acids is 5. The van der Waals surface area contributed by atoms with Crippen molar-refractivity contribution in [3.8, 4) is 0 Å². The lowest BCUT2D eigenvalue weighted by atomic mass is 9.81. The number of fused-ring (bicyclic) bond motifs is 1. The van der Waals surface area contributed by atoms with Crippen molar-refractivity contribution in [3.63, 3.8) is 0 Å². The van der Waals surface area contributed by atoms with Gasteiger partial charge in [-0.05, 0) is 31.2 Å². The molecule has 1 aromatic rings. The fourth-order valence-electron chi connectivity index (χ4n) is 4.73. The molecule has 0 spiro atoms. The van der Waals surface area contributed by atoms with E-state index in [4.69, 9.17) is 9.47 Å². The molecule has 11 heteroatoms. The highest BCUT2D eigenvalue weighted by Crippen LogP contribution is 2.38. The van der Waals surface area contributed by atoms with Crippen LogP contribution in [0.3, 0.4) is 0 Å². The molecular formula is C23H27N3O7S. The van der Waals surface area contributed by atoms with Crippen molar-refractivity contribution in [2.45, 2.75) is 45.1 Å². The molecule has 10 nitrogen and oxygen atoms in total. The number of hydrogen-bond acceptors (Lipinski definition) is 8. The molecule has 3 heterocycles. The number of likely N-dealkylation sites (tertiary alicyclic amines) is 1. The van der Waals surface area contributed by atoms with Crippen LogP contribution in [0.15, 0.2) is 28.8 Å². The molecule has 2 fully saturated rings. The molecule has 0 aromatic carbocycles. The zero-order chi connectivity index (χ0) is 24.2. The number of urea groups is 1. The van der Waals surface area contributed by atoms with E-state index in [1.54, 1.807) is 19.1 Å². The van der Waals surface area contributed by atoms with Crippen LogP contribution >= 0.6 is 11.3 Å². The molecule has 0 radical (unpaired) electrons. The van der Waals surface area contributed by atoms with Crippen molar-refractivity contribution >= 4 is 41.1 Å². The van der Waals surface area contributed by atoms with E-state index in [2.05, 4.69) is 10.6 Å². The summed E-state index contributed by atoms with van der Waals surface area (Å²) in [6.45, 7) is 1.42. The highest BCUT2D eigenvalue weighted by Gasteiger charge is 2.47. The molecule has 1 saturated heterocycles. The Morgan fingerprint density at radius 1 is 1.12 bits per heavy atom. The van der Waals surface area contributed by atoms with Gasteiger partial charge in [-0.3, -0.25) is 19.3 Å². The molecule has 3 atom stereocenters. The molecule has 182 valence electrons. The van der Waals surface area contributed by atoms with Gasteiger partial charge in [0.05, 0.1) is 42.2 Å². The van der Waals surface area contributed by atoms with Crippen molar-refractivity contribution < 1.29 is 33.4 Å². The standard InChI is InChI=1S/C23H27N3O7S/c1-2-32-22(30)18-15(24-23(31)25-19(18)16-8-5-11-34-16)12-33-17(27)9-10-26-20(28)13-6-3-4-7-14(13)21(26)29/h5,8,11,13-14,19H,2-4,6-7,9-10,12H2,1H3,(H2,24,25,31)/t13-,14-,19-/m1/s1. The predicted molar refractivity (Wildman–Crippen MR) is 120 cm³/mol. The van der Waals surface area contributed by atoms with Crippen LogP contribution in [-0.4, -0.2) is 54.4 Å². The molecular weight excluding hydrogens is 462 g/mol. The minimum Gasteiger partial charge on any atom is -0.463 e. The minimum atomic E-state index is -0.732. The third-order valence-corrected chi connectivity index (χ3v) is 7.26. The first-order valence-corrected chi connectivity index (χ1v) is 12.3. The Morgan fingerprint density at radius 2 is 1.82 bits per heavy atom. The van der Waals surface area contributed by atoms with Crippen LogP contribution in [0.1, 0.15) is 49.9 Å². The molecule has 0 bridgehead atoms. The highest BCUT2D eigenvalue weighted by atomic mass is 32.1. The average Bonchev–Trinajstić information content (AvgIpc) is 3.44. The number of ether oxygens (including phenoxy) is 2. The number of esters is 2. The van der Waals surface area contributed by atoms with E-state index in [9.17, 15) is 24.0 Å². The molecule has 0 unspecified atom stereocenters. The second kappa shape index (κ2) is 10.4. The second-order valence-corrected chi connectivity index (χ2v) is 9.38. The van der Waals surface area contributed by atoms with Gasteiger partial charge in [-0.2, -0.15) is 0 Å². The maximum Gasteiger partial charge on any atom is 0.338 e. The van der Waals surface area contributed by atoms with Gasteiger partial charge in [0, 0.05) is 11.4 Å². The number of nitrogens with one attached hydrogen (secondary N) is 2. The van der Waals surface area contributed by atoms with Crippen LogP contribution in [0.25, 0.3) is 0 Å². The van der Waals surface area contributed by atoms with E-state index in [1.807, 2.05) is 5.38 Å². The molecule has 1 saturated carbocycles. The SMILES string of the molecule is CCOC(=O)C1=C(COC(=O)CCN2C(=O)[C@@H]3CCCC[C@H]3C2=O)NC(=O)N[C@@H]1c1cccs1. The number of carbonyl (C=O) groups is 5. The smallest absolute Gasteiger partial charge is 0.338 e. The summed E-state index contributed by atoms with van der Waals surface area (Å²) in [5.41, 5.74) is 0.291. The van der Waals surface area contributed by atoms with Gasteiger partial charge in [0.2, 0.25) is 11.8 Å². The summed E-state index contributed by atoms with van der Waals surface area (Å²) >= 11 is 1.37. The monoisotopic (exact) mass is 489 g/mol. The van der Waals surface area contributed by atoms with Crippen molar-refractivity contribution in [2.24, 2.45) is 11.8 Å². The first kappa shape index (κ1) is 23.9. The summed E-state index contributed by atoms with van der Waals surface area (Å²) in [5.74, 6) is -2.23. The van der Waals surface area contributed by atoms with Crippen LogP contribution in [0, 0.1) is 11.8 Å². The van der Waals surface area contributed by atoms with Gasteiger partial charge in [-0.15, -0.1) is 11.3 Å². The number of imide groups is 1. The summed E-state index contributed by atoms with van der Waals surface area (Å²) in [4.78, 5) is 64.4. The van der Waals surface area contributed by atoms with Gasteiger partial charge in [0.15, 0.2) is 0 Å². The summed E-state index contributed by atoms with van der Waals surface area (Å²) in [6, 6.07) is 2.32. The summed E-state index contributed by atoms with van der Waals surface area (Å²) in [6.07, 6.45) is 3.11. The van der Waals surface area contributed by atoms with Crippen LogP contribution in [-0.2, 0) is 28.7 Å². The predicted octanol–water partition coefficient (Wildman–Crippen LogP) is 2.03. The van der Waals surface area contributed by atoms with E-state index in [-0.39, 0.29) is 61.1 Å². The van der Waals surface area contributed by atoms with Gasteiger partial charge in [-0.25, -0.2) is 9.59 Å². The number of nitrogens with zero attached hydrogens (tertiary/aromatic N) is 1. The highest BCUT2D eigenvalue weighted by molar-refractivity contribution is 7.10. The molecule has 2 aliphatic heterocycles. The third-order valence-electron chi connectivity index (χ3n) is 6.33. The molecule has 3 aliphatic rings. The Kier molecular flexibility index (Phi) is 7.30. The van der Waals surface area contributed by atoms with E-state index in [0.717, 1.165) is 17.7 Å². The maximum absolute atomic E-state index is 12.7. The van der Waals surface area contributed by atoms with Gasteiger partial charge >= 0.3 is 18.0 Å². The number of rotatable bonds is 8. The first-order valence-electron chi connectivity index (χ1n) is 11.4. The lowest BCUT2D eigenvalue weighted by Gasteiger charge is -2.28. The van der Waals surface area contributed by atoms with Gasteiger partial charge < -0.3 is 20.1 Å². The quantitative estimate of drug-likeness (QED) is 0.422.